The smallest absolute Gasteiger partial charge is 0.433 e. The van der Waals surface area contributed by atoms with Gasteiger partial charge in [0.05, 0.1) is 17.4 Å². The minimum Gasteiger partial charge on any atom is -0.439 e. The number of hydrogen-bond donors (Lipinski definition) is 2. The molecule has 1 amide bonds. The van der Waals surface area contributed by atoms with Gasteiger partial charge in [-0.3, -0.25) is 9.78 Å². The van der Waals surface area contributed by atoms with E-state index >= 15 is 0 Å². The van der Waals surface area contributed by atoms with E-state index in [9.17, 15) is 18.0 Å². The molecule has 3 aromatic heterocycles. The first-order valence-corrected chi connectivity index (χ1v) is 10.8. The van der Waals surface area contributed by atoms with Crippen molar-refractivity contribution in [2.24, 2.45) is 10.7 Å². The highest BCUT2D eigenvalue weighted by Crippen LogP contribution is 2.24. The highest BCUT2D eigenvalue weighted by Gasteiger charge is 2.34. The Bertz CT molecular complexity index is 1410. The van der Waals surface area contributed by atoms with Gasteiger partial charge in [0.25, 0.3) is 5.91 Å². The van der Waals surface area contributed by atoms with E-state index in [0.29, 0.717) is 23.3 Å². The van der Waals surface area contributed by atoms with Crippen LogP contribution in [-0.2, 0) is 0 Å². The molecule has 186 valence electrons. The molecule has 8 nitrogen and oxygen atoms in total. The summed E-state index contributed by atoms with van der Waals surface area (Å²) in [4.78, 5) is 27.9. The topological polar surface area (TPSA) is 115 Å². The van der Waals surface area contributed by atoms with Gasteiger partial charge in [-0.1, -0.05) is 18.2 Å². The summed E-state index contributed by atoms with van der Waals surface area (Å²) in [6, 6.07) is 17.8. The molecule has 0 aliphatic carbocycles. The summed E-state index contributed by atoms with van der Waals surface area (Å²) < 4.78 is 46.2. The predicted octanol–water partition coefficient (Wildman–Crippen LogP) is 5.55. The van der Waals surface area contributed by atoms with Gasteiger partial charge >= 0.3 is 6.18 Å². The maximum absolute atomic E-state index is 13.5. The zero-order chi connectivity index (χ0) is 26.3. The number of ether oxygens (including phenoxy) is 1. The number of alkyl halides is 3. The number of nitrogens with one attached hydrogen (secondary N) is 1. The van der Waals surface area contributed by atoms with Gasteiger partial charge in [-0.25, -0.2) is 15.0 Å². The molecule has 37 heavy (non-hydrogen) atoms. The normalized spacial score (nSPS) is 12.2. The molecular formula is C26H19F3N6O2. The van der Waals surface area contributed by atoms with E-state index in [-0.39, 0.29) is 22.8 Å². The number of hydrogen-bond acceptors (Lipinski definition) is 7. The molecule has 0 spiro atoms. The van der Waals surface area contributed by atoms with Crippen LogP contribution in [0.3, 0.4) is 0 Å². The lowest BCUT2D eigenvalue weighted by atomic mass is 10.2. The first-order chi connectivity index (χ1) is 17.8. The molecule has 0 unspecified atom stereocenters. The molecule has 4 aromatic rings. The van der Waals surface area contributed by atoms with Crippen LogP contribution in [0.5, 0.6) is 11.6 Å². The molecule has 4 rings (SSSR count). The third-order valence-electron chi connectivity index (χ3n) is 4.78. The maximum atomic E-state index is 13.5. The highest BCUT2D eigenvalue weighted by atomic mass is 19.4. The van der Waals surface area contributed by atoms with E-state index in [1.807, 2.05) is 18.2 Å². The van der Waals surface area contributed by atoms with Crippen LogP contribution in [0.25, 0.3) is 5.70 Å². The average molecular weight is 504 g/mol. The van der Waals surface area contributed by atoms with E-state index in [2.05, 4.69) is 25.3 Å². The van der Waals surface area contributed by atoms with Gasteiger partial charge in [-0.15, -0.1) is 0 Å². The van der Waals surface area contributed by atoms with Gasteiger partial charge in [0.15, 0.2) is 5.82 Å². The molecular weight excluding hydrogens is 485 g/mol. The summed E-state index contributed by atoms with van der Waals surface area (Å²) in [5, 5.41) is 2.60. The number of allylic oxidation sites excluding steroid dienone is 1. The minimum atomic E-state index is -4.77. The van der Waals surface area contributed by atoms with Crippen molar-refractivity contribution in [3.05, 3.63) is 109 Å². The summed E-state index contributed by atoms with van der Waals surface area (Å²) in [7, 11) is 0. The molecule has 1 aromatic carbocycles. The fourth-order valence-corrected chi connectivity index (χ4v) is 2.98. The number of amides is 1. The third kappa shape index (κ3) is 6.98. The first-order valence-electron chi connectivity index (χ1n) is 10.8. The molecule has 0 saturated carbocycles. The second kappa shape index (κ2) is 11.1. The van der Waals surface area contributed by atoms with Crippen LogP contribution >= 0.6 is 0 Å². The van der Waals surface area contributed by atoms with Gasteiger partial charge in [0.1, 0.15) is 11.5 Å². The summed E-state index contributed by atoms with van der Waals surface area (Å²) in [5.41, 5.74) is 5.23. The van der Waals surface area contributed by atoms with Gasteiger partial charge in [-0.05, 0) is 48.5 Å². The van der Waals surface area contributed by atoms with Crippen LogP contribution in [0.1, 0.15) is 15.9 Å². The number of pyridine rings is 3. The molecule has 0 bridgehead atoms. The molecule has 0 saturated heterocycles. The second-order valence-electron chi connectivity index (χ2n) is 7.50. The monoisotopic (exact) mass is 504 g/mol. The fraction of sp³-hybridized carbons (Fsp3) is 0.0385. The predicted molar refractivity (Wildman–Crippen MR) is 132 cm³/mol. The zero-order valence-electron chi connectivity index (χ0n) is 19.1. The molecule has 0 atom stereocenters. The quantitative estimate of drug-likeness (QED) is 0.319. The lowest BCUT2D eigenvalue weighted by molar-refractivity contribution is -0.0576. The molecule has 0 aliphatic rings. The third-order valence-corrected chi connectivity index (χ3v) is 4.78. The first kappa shape index (κ1) is 25.0. The van der Waals surface area contributed by atoms with Crippen LogP contribution in [0.4, 0.5) is 24.7 Å². The van der Waals surface area contributed by atoms with E-state index in [1.54, 1.807) is 24.3 Å². The fourth-order valence-electron chi connectivity index (χ4n) is 2.98. The number of para-hydroxylation sites is 1. The van der Waals surface area contributed by atoms with Crippen LogP contribution in [-0.4, -0.2) is 32.7 Å². The molecule has 11 heteroatoms. The van der Waals surface area contributed by atoms with E-state index in [1.165, 1.54) is 49.1 Å². The molecule has 0 fully saturated rings. The van der Waals surface area contributed by atoms with E-state index in [4.69, 9.17) is 10.5 Å². The Morgan fingerprint density at radius 1 is 0.919 bits per heavy atom. The largest absolute Gasteiger partial charge is 0.439 e. The zero-order valence-corrected chi connectivity index (χ0v) is 19.1. The van der Waals surface area contributed by atoms with Gasteiger partial charge < -0.3 is 15.8 Å². The Balaban J connectivity index is 1.44. The number of carbonyl (C=O) groups excluding carboxylic acids is 1. The molecule has 3 N–H and O–H groups in total. The SMILES string of the molecule is NC(=CC(=Nc1ccc(NC(=O)c2ccc(Oc3ccccc3)nc2)cn1)C(F)(F)F)c1cccnc1. The Morgan fingerprint density at radius 3 is 2.35 bits per heavy atom. The van der Waals surface area contributed by atoms with Gasteiger partial charge in [-0.2, -0.15) is 13.2 Å². The molecule has 0 aliphatic heterocycles. The number of aliphatic imine (C=N–C) groups is 1. The van der Waals surface area contributed by atoms with Gasteiger partial charge in [0.2, 0.25) is 5.88 Å². The van der Waals surface area contributed by atoms with Crippen molar-refractivity contribution in [3.63, 3.8) is 0 Å². The number of nitrogens with two attached hydrogens (primary N) is 1. The van der Waals surface area contributed by atoms with Crippen molar-refractivity contribution < 1.29 is 22.7 Å². The van der Waals surface area contributed by atoms with Gasteiger partial charge in [0, 0.05) is 35.9 Å². The number of aromatic nitrogens is 3. The average Bonchev–Trinajstić information content (AvgIpc) is 2.90. The standard InChI is InChI=1S/C26H19F3N6O2/c27-26(28,29)22(13-21(30)17-5-4-12-31-14-17)35-23-10-9-19(16-32-23)34-25(36)18-8-11-24(33-15-18)37-20-6-2-1-3-7-20/h1-16H,30H2,(H,34,36). The van der Waals surface area contributed by atoms with E-state index < -0.39 is 17.8 Å². The van der Waals surface area contributed by atoms with Crippen molar-refractivity contribution >= 4 is 28.8 Å². The van der Waals surface area contributed by atoms with E-state index in [0.717, 1.165) is 0 Å². The van der Waals surface area contributed by atoms with Crippen LogP contribution < -0.4 is 15.8 Å². The number of anilines is 1. The summed E-state index contributed by atoms with van der Waals surface area (Å²) >= 11 is 0. The molecule has 0 radical (unpaired) electrons. The Hall–Kier alpha value is -5.06. The van der Waals surface area contributed by atoms with Crippen molar-refractivity contribution in [2.45, 2.75) is 6.18 Å². The molecule has 3 heterocycles. The van der Waals surface area contributed by atoms with Crippen molar-refractivity contribution in [1.82, 2.24) is 15.0 Å². The summed E-state index contributed by atoms with van der Waals surface area (Å²) in [6.07, 6.45) is 1.30. The highest BCUT2D eigenvalue weighted by molar-refractivity contribution is 6.05. The number of benzene rings is 1. The number of nitrogens with zero attached hydrogens (tertiary/aromatic N) is 4. The van der Waals surface area contributed by atoms with Crippen LogP contribution in [0.2, 0.25) is 0 Å². The Kier molecular flexibility index (Phi) is 7.53. The summed E-state index contributed by atoms with van der Waals surface area (Å²) in [6.45, 7) is 0. The van der Waals surface area contributed by atoms with Crippen LogP contribution in [0.15, 0.2) is 103 Å². The lowest BCUT2D eigenvalue weighted by Crippen LogP contribution is -2.22. The summed E-state index contributed by atoms with van der Waals surface area (Å²) in [5.74, 6) is 0.208. The lowest BCUT2D eigenvalue weighted by Gasteiger charge is -2.09. The number of carbonyl (C=O) groups is 1. The van der Waals surface area contributed by atoms with Crippen molar-refractivity contribution in [1.29, 1.82) is 0 Å². The minimum absolute atomic E-state index is 0.151. The van der Waals surface area contributed by atoms with Crippen LogP contribution in [0, 0.1) is 0 Å². The van der Waals surface area contributed by atoms with Crippen molar-refractivity contribution in [2.75, 3.05) is 5.32 Å². The Morgan fingerprint density at radius 2 is 1.73 bits per heavy atom. The number of halogens is 3. The maximum Gasteiger partial charge on any atom is 0.433 e. The van der Waals surface area contributed by atoms with Crippen molar-refractivity contribution in [3.8, 4) is 11.6 Å². The second-order valence-corrected chi connectivity index (χ2v) is 7.50. The Labute approximate surface area is 209 Å². The number of rotatable bonds is 7.